The first-order valence-corrected chi connectivity index (χ1v) is 3.77. The molecule has 1 aromatic rings. The molecule has 4 nitrogen and oxygen atoms in total. The Kier molecular flexibility index (Phi) is 2.99. The average molecular weight is 169 g/mol. The predicted octanol–water partition coefficient (Wildman–Crippen LogP) is 1.33. The summed E-state index contributed by atoms with van der Waals surface area (Å²) in [5.41, 5.74) is 1.46. The van der Waals surface area contributed by atoms with Crippen LogP contribution in [0, 0.1) is 6.92 Å². The van der Waals surface area contributed by atoms with Gasteiger partial charge in [-0.25, -0.2) is 0 Å². The highest BCUT2D eigenvalue weighted by molar-refractivity contribution is 5.72. The first-order chi connectivity index (χ1) is 5.79. The van der Waals surface area contributed by atoms with Gasteiger partial charge in [-0.05, 0) is 13.8 Å². The maximum absolute atomic E-state index is 10.3. The smallest absolute Gasteiger partial charge is 0.202 e. The molecule has 0 aliphatic heterocycles. The number of hydrogen-bond donors (Lipinski definition) is 0. The van der Waals surface area contributed by atoms with E-state index in [1.165, 1.54) is 0 Å². The summed E-state index contributed by atoms with van der Waals surface area (Å²) in [4.78, 5) is 10.3. The summed E-state index contributed by atoms with van der Waals surface area (Å²) in [7, 11) is 0. The lowest BCUT2D eigenvalue weighted by Gasteiger charge is -1.95. The Morgan fingerprint density at radius 1 is 1.67 bits per heavy atom. The second kappa shape index (κ2) is 4.01. The van der Waals surface area contributed by atoms with Gasteiger partial charge in [-0.15, -0.1) is 0 Å². The molecule has 0 radical (unpaired) electrons. The number of rotatable bonds is 4. The second-order valence-corrected chi connectivity index (χ2v) is 2.37. The highest BCUT2D eigenvalue weighted by atomic mass is 16.5. The van der Waals surface area contributed by atoms with E-state index in [-0.39, 0.29) is 5.76 Å². The molecule has 0 amide bonds. The Morgan fingerprint density at radius 2 is 2.42 bits per heavy atom. The fraction of sp³-hybridized carbons (Fsp3) is 0.500. The van der Waals surface area contributed by atoms with Crippen molar-refractivity contribution in [1.82, 2.24) is 5.16 Å². The van der Waals surface area contributed by atoms with Gasteiger partial charge in [0.1, 0.15) is 5.69 Å². The maximum atomic E-state index is 10.3. The number of ether oxygens (including phenoxy) is 1. The average Bonchev–Trinajstić information content (AvgIpc) is 2.43. The van der Waals surface area contributed by atoms with Gasteiger partial charge in [-0.3, -0.25) is 4.79 Å². The van der Waals surface area contributed by atoms with Gasteiger partial charge in [0.05, 0.1) is 6.61 Å². The fourth-order valence-electron chi connectivity index (χ4n) is 0.827. The number of carbonyl (C=O) groups excluding carboxylic acids is 1. The van der Waals surface area contributed by atoms with Crippen LogP contribution in [0.1, 0.15) is 28.7 Å². The lowest BCUT2D eigenvalue weighted by atomic mass is 10.2. The van der Waals surface area contributed by atoms with Crippen LogP contribution in [-0.2, 0) is 11.3 Å². The molecule has 4 heteroatoms. The Bertz CT molecular complexity index is 267. The first kappa shape index (κ1) is 8.93. The zero-order valence-corrected chi connectivity index (χ0v) is 7.16. The van der Waals surface area contributed by atoms with Crippen LogP contribution in [0.3, 0.4) is 0 Å². The van der Waals surface area contributed by atoms with Crippen molar-refractivity contribution in [2.45, 2.75) is 20.5 Å². The Morgan fingerprint density at radius 3 is 2.92 bits per heavy atom. The van der Waals surface area contributed by atoms with E-state index >= 15 is 0 Å². The molecule has 12 heavy (non-hydrogen) atoms. The van der Waals surface area contributed by atoms with Crippen molar-refractivity contribution in [3.8, 4) is 0 Å². The van der Waals surface area contributed by atoms with E-state index in [1.807, 2.05) is 6.92 Å². The molecule has 0 fully saturated rings. The van der Waals surface area contributed by atoms with Crippen molar-refractivity contribution in [2.24, 2.45) is 0 Å². The van der Waals surface area contributed by atoms with E-state index in [1.54, 1.807) is 6.92 Å². The molecule has 0 bridgehead atoms. The quantitative estimate of drug-likeness (QED) is 0.638. The summed E-state index contributed by atoms with van der Waals surface area (Å²) in [6.07, 6.45) is 0.651. The van der Waals surface area contributed by atoms with E-state index in [2.05, 4.69) is 5.16 Å². The minimum absolute atomic E-state index is 0.282. The lowest BCUT2D eigenvalue weighted by Crippen LogP contribution is -1.94. The second-order valence-electron chi connectivity index (χ2n) is 2.37. The molecule has 0 spiro atoms. The molecular formula is C8H11NO3. The molecule has 1 rings (SSSR count). The van der Waals surface area contributed by atoms with Gasteiger partial charge in [0.25, 0.3) is 0 Å². The maximum Gasteiger partial charge on any atom is 0.202 e. The number of nitrogens with zero attached hydrogens (tertiary/aromatic N) is 1. The summed E-state index contributed by atoms with van der Waals surface area (Å²) in [6, 6.07) is 0. The van der Waals surface area contributed by atoms with Crippen LogP contribution in [0.5, 0.6) is 0 Å². The van der Waals surface area contributed by atoms with Gasteiger partial charge in [0, 0.05) is 12.2 Å². The van der Waals surface area contributed by atoms with Crippen molar-refractivity contribution in [3.63, 3.8) is 0 Å². The molecule has 0 saturated heterocycles. The Labute approximate surface area is 70.5 Å². The van der Waals surface area contributed by atoms with Crippen LogP contribution in [0.4, 0.5) is 0 Å². The Hall–Kier alpha value is -1.16. The van der Waals surface area contributed by atoms with Gasteiger partial charge in [-0.2, -0.15) is 0 Å². The monoisotopic (exact) mass is 169 g/mol. The third-order valence-electron chi connectivity index (χ3n) is 1.61. The third-order valence-corrected chi connectivity index (χ3v) is 1.61. The first-order valence-electron chi connectivity index (χ1n) is 3.77. The van der Waals surface area contributed by atoms with E-state index in [0.717, 1.165) is 5.56 Å². The third kappa shape index (κ3) is 1.71. The largest absolute Gasteiger partial charge is 0.375 e. The van der Waals surface area contributed by atoms with Crippen molar-refractivity contribution >= 4 is 6.29 Å². The number of aldehydes is 1. The van der Waals surface area contributed by atoms with Crippen molar-refractivity contribution in [2.75, 3.05) is 6.61 Å². The summed E-state index contributed by atoms with van der Waals surface area (Å²) in [6.45, 7) is 4.72. The summed E-state index contributed by atoms with van der Waals surface area (Å²) in [5.74, 6) is 0.282. The van der Waals surface area contributed by atoms with Crippen LogP contribution in [-0.4, -0.2) is 18.0 Å². The molecule has 1 aromatic heterocycles. The zero-order valence-electron chi connectivity index (χ0n) is 7.16. The minimum Gasteiger partial charge on any atom is -0.375 e. The molecule has 0 aliphatic rings. The molecule has 0 aromatic carbocycles. The van der Waals surface area contributed by atoms with Gasteiger partial charge in [-0.1, -0.05) is 5.16 Å². The van der Waals surface area contributed by atoms with Crippen LogP contribution in [0.15, 0.2) is 4.52 Å². The molecule has 66 valence electrons. The number of carbonyl (C=O) groups is 1. The molecule has 0 N–H and O–H groups in total. The topological polar surface area (TPSA) is 52.3 Å². The molecular weight excluding hydrogens is 158 g/mol. The van der Waals surface area contributed by atoms with Gasteiger partial charge in [0.15, 0.2) is 6.29 Å². The van der Waals surface area contributed by atoms with Crippen molar-refractivity contribution in [1.29, 1.82) is 0 Å². The lowest BCUT2D eigenvalue weighted by molar-refractivity contribution is 0.108. The van der Waals surface area contributed by atoms with Crippen molar-refractivity contribution < 1.29 is 14.1 Å². The van der Waals surface area contributed by atoms with E-state index in [4.69, 9.17) is 9.26 Å². The van der Waals surface area contributed by atoms with Crippen molar-refractivity contribution in [3.05, 3.63) is 17.0 Å². The molecule has 0 aliphatic carbocycles. The van der Waals surface area contributed by atoms with Crippen LogP contribution >= 0.6 is 0 Å². The standard InChI is InChI=1S/C8H11NO3/c1-3-11-5-7-6(2)8(4-10)12-9-7/h4H,3,5H2,1-2H3. The van der Waals surface area contributed by atoms with E-state index in [9.17, 15) is 4.79 Å². The van der Waals surface area contributed by atoms with Gasteiger partial charge < -0.3 is 9.26 Å². The Balaban J connectivity index is 2.72. The number of aromatic nitrogens is 1. The number of hydrogen-bond acceptors (Lipinski definition) is 4. The molecule has 1 heterocycles. The van der Waals surface area contributed by atoms with Gasteiger partial charge in [0.2, 0.25) is 5.76 Å². The van der Waals surface area contributed by atoms with Crippen LogP contribution < -0.4 is 0 Å². The fourth-order valence-corrected chi connectivity index (χ4v) is 0.827. The highest BCUT2D eigenvalue weighted by Crippen LogP contribution is 2.11. The molecule has 0 saturated carbocycles. The summed E-state index contributed by atoms with van der Waals surface area (Å²) in [5, 5.41) is 3.69. The summed E-state index contributed by atoms with van der Waals surface area (Å²) >= 11 is 0. The SMILES string of the molecule is CCOCc1noc(C=O)c1C. The van der Waals surface area contributed by atoms with E-state index in [0.29, 0.717) is 25.2 Å². The predicted molar refractivity (Wildman–Crippen MR) is 42.0 cm³/mol. The minimum atomic E-state index is 0.282. The van der Waals surface area contributed by atoms with Crippen LogP contribution in [0.2, 0.25) is 0 Å². The normalized spacial score (nSPS) is 10.2. The molecule has 0 unspecified atom stereocenters. The van der Waals surface area contributed by atoms with Crippen LogP contribution in [0.25, 0.3) is 0 Å². The van der Waals surface area contributed by atoms with Gasteiger partial charge >= 0.3 is 0 Å². The summed E-state index contributed by atoms with van der Waals surface area (Å²) < 4.78 is 9.86. The molecule has 0 atom stereocenters. The highest BCUT2D eigenvalue weighted by Gasteiger charge is 2.09. The van der Waals surface area contributed by atoms with E-state index < -0.39 is 0 Å². The zero-order chi connectivity index (χ0) is 8.97.